The van der Waals surface area contributed by atoms with Crippen LogP contribution in [0, 0.1) is 6.92 Å². The first-order chi connectivity index (χ1) is 9.45. The van der Waals surface area contributed by atoms with Crippen molar-refractivity contribution in [3.8, 4) is 0 Å². The fourth-order valence-corrected chi connectivity index (χ4v) is 2.16. The van der Waals surface area contributed by atoms with Crippen LogP contribution in [-0.2, 0) is 9.59 Å². The molecule has 5 heteroatoms. The molecule has 0 aliphatic heterocycles. The predicted molar refractivity (Wildman–Crippen MR) is 82.1 cm³/mol. The van der Waals surface area contributed by atoms with Gasteiger partial charge in [0.15, 0.2) is 0 Å². The number of carbonyl (C=O) groups is 2. The third-order valence-electron chi connectivity index (χ3n) is 2.96. The summed E-state index contributed by atoms with van der Waals surface area (Å²) in [5.74, 6) is -0.122. The van der Waals surface area contributed by atoms with Crippen molar-refractivity contribution in [2.24, 2.45) is 0 Å². The van der Waals surface area contributed by atoms with Crippen LogP contribution in [0.2, 0.25) is 5.02 Å². The first kappa shape index (κ1) is 16.5. The SMILES string of the molecule is CCCNC(=O)CCN(C(C)=O)c1ccc(Cl)cc1C. The maximum absolute atomic E-state index is 11.8. The quantitative estimate of drug-likeness (QED) is 0.877. The molecule has 0 bridgehead atoms. The van der Waals surface area contributed by atoms with Gasteiger partial charge in [-0.25, -0.2) is 0 Å². The molecule has 2 amide bonds. The molecule has 0 aromatic heterocycles. The molecule has 4 nitrogen and oxygen atoms in total. The van der Waals surface area contributed by atoms with Crippen LogP contribution in [0.5, 0.6) is 0 Å². The number of halogens is 1. The van der Waals surface area contributed by atoms with Crippen LogP contribution in [0.1, 0.15) is 32.3 Å². The Hall–Kier alpha value is -1.55. The molecule has 1 rings (SSSR count). The molecule has 0 unspecified atom stereocenters. The molecule has 0 spiro atoms. The molecule has 110 valence electrons. The van der Waals surface area contributed by atoms with Gasteiger partial charge in [-0.05, 0) is 37.1 Å². The smallest absolute Gasteiger partial charge is 0.223 e. The molecule has 0 saturated heterocycles. The molecular weight excluding hydrogens is 276 g/mol. The molecule has 0 heterocycles. The molecule has 1 aromatic carbocycles. The van der Waals surface area contributed by atoms with Gasteiger partial charge in [0.1, 0.15) is 0 Å². The average molecular weight is 297 g/mol. The van der Waals surface area contributed by atoms with Crippen molar-refractivity contribution in [3.05, 3.63) is 28.8 Å². The zero-order chi connectivity index (χ0) is 15.1. The normalized spacial score (nSPS) is 10.2. The molecule has 0 atom stereocenters. The Morgan fingerprint density at radius 1 is 1.35 bits per heavy atom. The lowest BCUT2D eigenvalue weighted by atomic mass is 10.1. The summed E-state index contributed by atoms with van der Waals surface area (Å²) in [6.07, 6.45) is 1.19. The number of nitrogens with zero attached hydrogens (tertiary/aromatic N) is 1. The van der Waals surface area contributed by atoms with Gasteiger partial charge < -0.3 is 10.2 Å². The van der Waals surface area contributed by atoms with E-state index >= 15 is 0 Å². The van der Waals surface area contributed by atoms with Gasteiger partial charge in [-0.15, -0.1) is 0 Å². The number of anilines is 1. The van der Waals surface area contributed by atoms with Crippen LogP contribution < -0.4 is 10.2 Å². The number of carbonyl (C=O) groups excluding carboxylic acids is 2. The van der Waals surface area contributed by atoms with E-state index in [9.17, 15) is 9.59 Å². The Kier molecular flexibility index (Phi) is 6.52. The highest BCUT2D eigenvalue weighted by molar-refractivity contribution is 6.30. The van der Waals surface area contributed by atoms with Gasteiger partial charge in [-0.2, -0.15) is 0 Å². The lowest BCUT2D eigenvalue weighted by Gasteiger charge is -2.23. The second-order valence-electron chi connectivity index (χ2n) is 4.70. The van der Waals surface area contributed by atoms with E-state index in [1.807, 2.05) is 26.0 Å². The highest BCUT2D eigenvalue weighted by atomic mass is 35.5. The van der Waals surface area contributed by atoms with E-state index in [4.69, 9.17) is 11.6 Å². The first-order valence-corrected chi connectivity index (χ1v) is 7.14. The summed E-state index contributed by atoms with van der Waals surface area (Å²) in [6.45, 7) is 6.43. The van der Waals surface area contributed by atoms with Gasteiger partial charge in [-0.3, -0.25) is 9.59 Å². The largest absolute Gasteiger partial charge is 0.356 e. The Morgan fingerprint density at radius 3 is 2.60 bits per heavy atom. The zero-order valence-corrected chi connectivity index (χ0v) is 13.0. The van der Waals surface area contributed by atoms with Crippen molar-refractivity contribution in [2.75, 3.05) is 18.0 Å². The fraction of sp³-hybridized carbons (Fsp3) is 0.467. The molecule has 0 radical (unpaired) electrons. The summed E-state index contributed by atoms with van der Waals surface area (Å²) in [7, 11) is 0. The summed E-state index contributed by atoms with van der Waals surface area (Å²) in [4.78, 5) is 25.0. The van der Waals surface area contributed by atoms with E-state index in [2.05, 4.69) is 5.32 Å². The predicted octanol–water partition coefficient (Wildman–Crippen LogP) is 2.92. The first-order valence-electron chi connectivity index (χ1n) is 6.76. The van der Waals surface area contributed by atoms with Crippen LogP contribution in [0.4, 0.5) is 5.69 Å². The molecule has 0 fully saturated rings. The summed E-state index contributed by atoms with van der Waals surface area (Å²) in [6, 6.07) is 5.37. The average Bonchev–Trinajstić information content (AvgIpc) is 2.38. The van der Waals surface area contributed by atoms with Gasteiger partial charge in [0.2, 0.25) is 11.8 Å². The summed E-state index contributed by atoms with van der Waals surface area (Å²) < 4.78 is 0. The van der Waals surface area contributed by atoms with E-state index in [1.165, 1.54) is 6.92 Å². The standard InChI is InChI=1S/C15H21ClN2O2/c1-4-8-17-15(20)7-9-18(12(3)19)14-6-5-13(16)10-11(14)2/h5-6,10H,4,7-9H2,1-3H3,(H,17,20). The third-order valence-corrected chi connectivity index (χ3v) is 3.20. The molecule has 0 aliphatic rings. The Bertz CT molecular complexity index is 489. The van der Waals surface area contributed by atoms with Crippen molar-refractivity contribution in [1.29, 1.82) is 0 Å². The van der Waals surface area contributed by atoms with E-state index < -0.39 is 0 Å². The molecule has 20 heavy (non-hydrogen) atoms. The lowest BCUT2D eigenvalue weighted by Crippen LogP contribution is -2.34. The topological polar surface area (TPSA) is 49.4 Å². The molecule has 0 aliphatic carbocycles. The van der Waals surface area contributed by atoms with Crippen molar-refractivity contribution in [1.82, 2.24) is 5.32 Å². The van der Waals surface area contributed by atoms with Gasteiger partial charge in [0.05, 0.1) is 0 Å². The van der Waals surface area contributed by atoms with Crippen LogP contribution in [0.3, 0.4) is 0 Å². The minimum absolute atomic E-state index is 0.0373. The maximum Gasteiger partial charge on any atom is 0.223 e. The van der Waals surface area contributed by atoms with Gasteiger partial charge in [-0.1, -0.05) is 18.5 Å². The Balaban J connectivity index is 2.75. The zero-order valence-electron chi connectivity index (χ0n) is 12.2. The molecule has 0 saturated carbocycles. The van der Waals surface area contributed by atoms with Gasteiger partial charge >= 0.3 is 0 Å². The highest BCUT2D eigenvalue weighted by Crippen LogP contribution is 2.23. The summed E-state index contributed by atoms with van der Waals surface area (Å²) >= 11 is 5.92. The van der Waals surface area contributed by atoms with Crippen molar-refractivity contribution < 1.29 is 9.59 Å². The van der Waals surface area contributed by atoms with Crippen molar-refractivity contribution in [3.63, 3.8) is 0 Å². The summed E-state index contributed by atoms with van der Waals surface area (Å²) in [5, 5.41) is 3.44. The van der Waals surface area contributed by atoms with Crippen LogP contribution in [0.15, 0.2) is 18.2 Å². The van der Waals surface area contributed by atoms with Crippen molar-refractivity contribution in [2.45, 2.75) is 33.6 Å². The minimum Gasteiger partial charge on any atom is -0.356 e. The van der Waals surface area contributed by atoms with E-state index in [-0.39, 0.29) is 11.8 Å². The number of aryl methyl sites for hydroxylation is 1. The second-order valence-corrected chi connectivity index (χ2v) is 5.14. The van der Waals surface area contributed by atoms with Gasteiger partial charge in [0.25, 0.3) is 0 Å². The molecular formula is C15H21ClN2O2. The number of hydrogen-bond acceptors (Lipinski definition) is 2. The fourth-order valence-electron chi connectivity index (χ4n) is 1.94. The Labute approximate surface area is 125 Å². The maximum atomic E-state index is 11.8. The number of amides is 2. The molecule has 1 N–H and O–H groups in total. The van der Waals surface area contributed by atoms with E-state index in [1.54, 1.807) is 11.0 Å². The van der Waals surface area contributed by atoms with E-state index in [0.29, 0.717) is 24.5 Å². The van der Waals surface area contributed by atoms with Crippen LogP contribution >= 0.6 is 11.6 Å². The highest BCUT2D eigenvalue weighted by Gasteiger charge is 2.15. The number of benzene rings is 1. The number of rotatable bonds is 6. The van der Waals surface area contributed by atoms with Crippen molar-refractivity contribution >= 4 is 29.1 Å². The third kappa shape index (κ3) is 4.85. The number of nitrogens with one attached hydrogen (secondary N) is 1. The lowest BCUT2D eigenvalue weighted by molar-refractivity contribution is -0.121. The number of hydrogen-bond donors (Lipinski definition) is 1. The van der Waals surface area contributed by atoms with Crippen LogP contribution in [0.25, 0.3) is 0 Å². The Morgan fingerprint density at radius 2 is 2.05 bits per heavy atom. The minimum atomic E-state index is -0.0845. The monoisotopic (exact) mass is 296 g/mol. The van der Waals surface area contributed by atoms with Gasteiger partial charge in [0, 0.05) is 37.1 Å². The summed E-state index contributed by atoms with van der Waals surface area (Å²) in [5.41, 5.74) is 1.71. The van der Waals surface area contributed by atoms with Crippen LogP contribution in [-0.4, -0.2) is 24.9 Å². The molecule has 1 aromatic rings. The second kappa shape index (κ2) is 7.90. The van der Waals surface area contributed by atoms with E-state index in [0.717, 1.165) is 17.7 Å².